The van der Waals surface area contributed by atoms with E-state index >= 15 is 0 Å². The molecule has 1 aromatic heterocycles. The number of carbonyl (C=O) groups excluding carboxylic acids is 3. The van der Waals surface area contributed by atoms with Crippen molar-refractivity contribution in [1.29, 1.82) is 0 Å². The van der Waals surface area contributed by atoms with Gasteiger partial charge in [-0.1, -0.05) is 30.3 Å². The van der Waals surface area contributed by atoms with Crippen molar-refractivity contribution in [1.82, 2.24) is 9.88 Å². The summed E-state index contributed by atoms with van der Waals surface area (Å²) in [6.45, 7) is 6.93. The highest BCUT2D eigenvalue weighted by molar-refractivity contribution is 6.13. The van der Waals surface area contributed by atoms with Gasteiger partial charge in [0, 0.05) is 35.5 Å². The Hall–Kier alpha value is -3.61. The number of amides is 1. The molecule has 0 radical (unpaired) electrons. The quantitative estimate of drug-likeness (QED) is 0.406. The van der Waals surface area contributed by atoms with E-state index in [4.69, 9.17) is 9.47 Å². The fourth-order valence-electron chi connectivity index (χ4n) is 4.56. The molecule has 3 aromatic rings. The number of nitrogens with zero attached hydrogens (tertiary/aromatic N) is 1. The Labute approximate surface area is 199 Å². The van der Waals surface area contributed by atoms with Crippen LogP contribution in [0.2, 0.25) is 0 Å². The molecule has 178 valence electrons. The number of aromatic amines is 1. The van der Waals surface area contributed by atoms with Crippen LogP contribution in [0.1, 0.15) is 65.8 Å². The molecular formula is C27H30N2O5. The van der Waals surface area contributed by atoms with Crippen LogP contribution in [-0.2, 0) is 9.47 Å². The third-order valence-corrected chi connectivity index (χ3v) is 6.13. The number of nitrogens with one attached hydrogen (secondary N) is 1. The first-order valence-corrected chi connectivity index (χ1v) is 11.5. The SMILES string of the molecule is COC(=O)c1cccc2[nH]c(-c3ccc(C4CCCN(C(=O)OC(C)(C)C)C4)cc3)c(C=O)c12. The van der Waals surface area contributed by atoms with E-state index in [1.165, 1.54) is 7.11 Å². The van der Waals surface area contributed by atoms with Crippen LogP contribution in [-0.4, -0.2) is 54.0 Å². The zero-order chi connectivity index (χ0) is 24.5. The Morgan fingerprint density at radius 2 is 1.85 bits per heavy atom. The van der Waals surface area contributed by atoms with E-state index in [1.807, 2.05) is 51.1 Å². The van der Waals surface area contributed by atoms with Crippen LogP contribution in [0.25, 0.3) is 22.2 Å². The first-order chi connectivity index (χ1) is 16.2. The zero-order valence-electron chi connectivity index (χ0n) is 20.0. The standard InChI is InChI=1S/C27H30N2O5/c1-27(2,3)34-26(32)29-14-6-7-19(15-29)17-10-12-18(13-11-17)24-21(16-30)23-20(25(31)33-4)8-5-9-22(23)28-24/h5,8-13,16,19,28H,6-7,14-15H2,1-4H3. The second-order valence-corrected chi connectivity index (χ2v) is 9.64. The summed E-state index contributed by atoms with van der Waals surface area (Å²) in [6, 6.07) is 13.3. The number of aromatic nitrogens is 1. The summed E-state index contributed by atoms with van der Waals surface area (Å²) in [7, 11) is 1.32. The number of hydrogen-bond acceptors (Lipinski definition) is 5. The number of methoxy groups -OCH3 is 1. The van der Waals surface area contributed by atoms with Crippen LogP contribution in [0.5, 0.6) is 0 Å². The van der Waals surface area contributed by atoms with Gasteiger partial charge < -0.3 is 19.4 Å². The van der Waals surface area contributed by atoms with Gasteiger partial charge in [-0.15, -0.1) is 0 Å². The lowest BCUT2D eigenvalue weighted by atomic mass is 9.90. The maximum atomic E-state index is 12.5. The monoisotopic (exact) mass is 462 g/mol. The molecule has 2 heterocycles. The smallest absolute Gasteiger partial charge is 0.410 e. The predicted octanol–water partition coefficient (Wildman–Crippen LogP) is 5.55. The van der Waals surface area contributed by atoms with Gasteiger partial charge in [-0.05, 0) is 56.9 Å². The number of hydrogen-bond donors (Lipinski definition) is 1. The molecule has 7 heteroatoms. The molecule has 1 aliphatic rings. The highest BCUT2D eigenvalue weighted by atomic mass is 16.6. The normalized spacial score (nSPS) is 16.4. The van der Waals surface area contributed by atoms with Crippen LogP contribution in [0.15, 0.2) is 42.5 Å². The first kappa shape index (κ1) is 23.5. The summed E-state index contributed by atoms with van der Waals surface area (Å²) in [6.07, 6.45) is 2.41. The highest BCUT2D eigenvalue weighted by Gasteiger charge is 2.28. The van der Waals surface area contributed by atoms with Crippen LogP contribution in [0.4, 0.5) is 4.79 Å². The number of aldehydes is 1. The van der Waals surface area contributed by atoms with Gasteiger partial charge >= 0.3 is 12.1 Å². The summed E-state index contributed by atoms with van der Waals surface area (Å²) >= 11 is 0. The van der Waals surface area contributed by atoms with E-state index < -0.39 is 11.6 Å². The van der Waals surface area contributed by atoms with E-state index in [2.05, 4.69) is 4.98 Å². The largest absolute Gasteiger partial charge is 0.465 e. The molecule has 7 nitrogen and oxygen atoms in total. The lowest BCUT2D eigenvalue weighted by molar-refractivity contribution is 0.0198. The number of likely N-dealkylation sites (tertiary alicyclic amines) is 1. The van der Waals surface area contributed by atoms with Crippen molar-refractivity contribution >= 4 is 29.3 Å². The minimum atomic E-state index is -0.519. The van der Waals surface area contributed by atoms with Gasteiger partial charge in [0.25, 0.3) is 0 Å². The molecular weight excluding hydrogens is 432 g/mol. The van der Waals surface area contributed by atoms with Gasteiger partial charge in [0.1, 0.15) is 5.60 Å². The average Bonchev–Trinajstić information content (AvgIpc) is 3.21. The van der Waals surface area contributed by atoms with Gasteiger partial charge in [-0.2, -0.15) is 0 Å². The molecule has 0 bridgehead atoms. The van der Waals surface area contributed by atoms with Crippen LogP contribution < -0.4 is 0 Å². The van der Waals surface area contributed by atoms with Crippen molar-refractivity contribution in [3.05, 3.63) is 59.2 Å². The van der Waals surface area contributed by atoms with Gasteiger partial charge in [-0.25, -0.2) is 9.59 Å². The molecule has 34 heavy (non-hydrogen) atoms. The van der Waals surface area contributed by atoms with Gasteiger partial charge in [0.15, 0.2) is 6.29 Å². The number of piperidine rings is 1. The molecule has 4 rings (SSSR count). The number of ether oxygens (including phenoxy) is 2. The number of rotatable bonds is 4. The van der Waals surface area contributed by atoms with Crippen molar-refractivity contribution in [2.45, 2.75) is 45.1 Å². The van der Waals surface area contributed by atoms with Crippen molar-refractivity contribution in [3.8, 4) is 11.3 Å². The molecule has 1 amide bonds. The van der Waals surface area contributed by atoms with E-state index in [1.54, 1.807) is 17.0 Å². The fourth-order valence-corrected chi connectivity index (χ4v) is 4.56. The van der Waals surface area contributed by atoms with Crippen molar-refractivity contribution in [3.63, 3.8) is 0 Å². The molecule has 1 saturated heterocycles. The summed E-state index contributed by atoms with van der Waals surface area (Å²) in [5.74, 6) is -0.268. The molecule has 0 saturated carbocycles. The fraction of sp³-hybridized carbons (Fsp3) is 0.370. The van der Waals surface area contributed by atoms with Crippen molar-refractivity contribution in [2.24, 2.45) is 0 Å². The first-order valence-electron chi connectivity index (χ1n) is 11.5. The van der Waals surface area contributed by atoms with E-state index in [-0.39, 0.29) is 12.0 Å². The highest BCUT2D eigenvalue weighted by Crippen LogP contribution is 2.34. The molecule has 1 unspecified atom stereocenters. The molecule has 1 atom stereocenters. The summed E-state index contributed by atoms with van der Waals surface area (Å²) in [5, 5.41) is 0.559. The van der Waals surface area contributed by atoms with Crippen LogP contribution in [0, 0.1) is 0 Å². The van der Waals surface area contributed by atoms with Crippen molar-refractivity contribution < 1.29 is 23.9 Å². The second-order valence-electron chi connectivity index (χ2n) is 9.64. The van der Waals surface area contributed by atoms with E-state index in [9.17, 15) is 14.4 Å². The Balaban J connectivity index is 1.60. The number of fused-ring (bicyclic) bond motifs is 1. The predicted molar refractivity (Wildman–Crippen MR) is 130 cm³/mol. The summed E-state index contributed by atoms with van der Waals surface area (Å²) < 4.78 is 10.4. The molecule has 2 aromatic carbocycles. The van der Waals surface area contributed by atoms with Gasteiger partial charge in [0.05, 0.1) is 18.4 Å². The van der Waals surface area contributed by atoms with E-state index in [0.717, 1.165) is 30.3 Å². The summed E-state index contributed by atoms with van der Waals surface area (Å²) in [5.41, 5.74) is 3.60. The number of benzene rings is 2. The Kier molecular flexibility index (Phi) is 6.46. The molecule has 1 fully saturated rings. The molecule has 0 aliphatic carbocycles. The minimum Gasteiger partial charge on any atom is -0.465 e. The minimum absolute atomic E-state index is 0.217. The van der Waals surface area contributed by atoms with Crippen LogP contribution in [0.3, 0.4) is 0 Å². The molecule has 0 spiro atoms. The molecule has 1 N–H and O–H groups in total. The Bertz CT molecular complexity index is 1220. The number of carbonyl (C=O) groups is 3. The van der Waals surface area contributed by atoms with Gasteiger partial charge in [0.2, 0.25) is 0 Å². The number of esters is 1. The summed E-state index contributed by atoms with van der Waals surface area (Å²) in [4.78, 5) is 41.8. The second kappa shape index (κ2) is 9.33. The average molecular weight is 463 g/mol. The third kappa shape index (κ3) is 4.69. The van der Waals surface area contributed by atoms with E-state index in [0.29, 0.717) is 40.8 Å². The van der Waals surface area contributed by atoms with Crippen molar-refractivity contribution in [2.75, 3.05) is 20.2 Å². The van der Waals surface area contributed by atoms with Gasteiger partial charge in [-0.3, -0.25) is 4.79 Å². The maximum Gasteiger partial charge on any atom is 0.410 e. The Morgan fingerprint density at radius 1 is 1.12 bits per heavy atom. The topological polar surface area (TPSA) is 88.7 Å². The molecule has 1 aliphatic heterocycles. The lowest BCUT2D eigenvalue weighted by Crippen LogP contribution is -2.42. The van der Waals surface area contributed by atoms with Crippen LogP contribution >= 0.6 is 0 Å². The lowest BCUT2D eigenvalue weighted by Gasteiger charge is -2.34. The Morgan fingerprint density at radius 3 is 2.50 bits per heavy atom. The maximum absolute atomic E-state index is 12.5. The third-order valence-electron chi connectivity index (χ3n) is 6.13. The zero-order valence-corrected chi connectivity index (χ0v) is 20.0. The number of H-pyrrole nitrogens is 1.